The van der Waals surface area contributed by atoms with Crippen molar-refractivity contribution in [2.45, 2.75) is 56.0 Å². The van der Waals surface area contributed by atoms with E-state index in [4.69, 9.17) is 9.84 Å². The predicted molar refractivity (Wildman–Crippen MR) is 59.7 cm³/mol. The summed E-state index contributed by atoms with van der Waals surface area (Å²) in [5, 5.41) is 9.10. The highest BCUT2D eigenvalue weighted by Crippen LogP contribution is 2.44. The molecule has 2 fully saturated rings. The summed E-state index contributed by atoms with van der Waals surface area (Å²) in [6, 6.07) is 0. The monoisotopic (exact) mass is 216 g/mol. The first-order valence-electron chi connectivity index (χ1n) is 5.65. The van der Waals surface area contributed by atoms with E-state index in [1.807, 2.05) is 0 Å². The lowest BCUT2D eigenvalue weighted by atomic mass is 9.91. The minimum Gasteiger partial charge on any atom is -0.394 e. The molecule has 2 aliphatic rings. The number of aliphatic hydroxyl groups excluding tert-OH is 1. The Balaban J connectivity index is 1.96. The van der Waals surface area contributed by atoms with E-state index in [2.05, 4.69) is 18.7 Å². The third-order valence-electron chi connectivity index (χ3n) is 3.48. The van der Waals surface area contributed by atoms with Crippen molar-refractivity contribution in [1.82, 2.24) is 0 Å². The van der Waals surface area contributed by atoms with Crippen molar-refractivity contribution in [3.63, 3.8) is 0 Å². The van der Waals surface area contributed by atoms with Crippen molar-refractivity contribution in [3.8, 4) is 0 Å². The summed E-state index contributed by atoms with van der Waals surface area (Å²) in [7, 11) is 0. The molecular formula is C11H20O2S. The van der Waals surface area contributed by atoms with Gasteiger partial charge in [0.2, 0.25) is 0 Å². The van der Waals surface area contributed by atoms with Gasteiger partial charge in [-0.1, -0.05) is 0 Å². The van der Waals surface area contributed by atoms with Crippen LogP contribution in [0.5, 0.6) is 0 Å². The van der Waals surface area contributed by atoms with Crippen molar-refractivity contribution < 1.29 is 9.84 Å². The summed E-state index contributed by atoms with van der Waals surface area (Å²) in [6.45, 7) is 2.52. The Bertz CT molecular complexity index is 190. The molecule has 2 heterocycles. The van der Waals surface area contributed by atoms with Gasteiger partial charge in [-0.05, 0) is 44.8 Å². The summed E-state index contributed by atoms with van der Waals surface area (Å²) in [4.78, 5) is 0. The minimum atomic E-state index is 0.103. The van der Waals surface area contributed by atoms with Crippen molar-refractivity contribution in [3.05, 3.63) is 0 Å². The summed E-state index contributed by atoms with van der Waals surface area (Å²) < 4.78 is 6.28. The maximum Gasteiger partial charge on any atom is 0.0810 e. The summed E-state index contributed by atoms with van der Waals surface area (Å²) in [5.74, 6) is 1.28. The zero-order valence-electron chi connectivity index (χ0n) is 8.87. The molecule has 14 heavy (non-hydrogen) atoms. The van der Waals surface area contributed by atoms with Crippen LogP contribution in [-0.4, -0.2) is 34.4 Å². The van der Waals surface area contributed by atoms with Gasteiger partial charge in [0.1, 0.15) is 0 Å². The Labute approximate surface area is 90.4 Å². The van der Waals surface area contributed by atoms with Crippen LogP contribution in [-0.2, 0) is 4.74 Å². The van der Waals surface area contributed by atoms with E-state index in [1.54, 1.807) is 0 Å². The highest BCUT2D eigenvalue weighted by Gasteiger charge is 2.40. The topological polar surface area (TPSA) is 29.5 Å². The van der Waals surface area contributed by atoms with E-state index >= 15 is 0 Å². The molecule has 0 aromatic heterocycles. The molecule has 0 aromatic carbocycles. The van der Waals surface area contributed by atoms with Gasteiger partial charge in [0.05, 0.1) is 18.8 Å². The number of hydrogen-bond donors (Lipinski definition) is 1. The molecule has 2 rings (SSSR count). The molecular weight excluding hydrogens is 196 g/mol. The van der Waals surface area contributed by atoms with E-state index in [0.717, 1.165) is 6.42 Å². The van der Waals surface area contributed by atoms with Gasteiger partial charge in [-0.25, -0.2) is 0 Å². The fraction of sp³-hybridized carbons (Fsp3) is 1.00. The molecule has 0 aromatic rings. The molecule has 0 radical (unpaired) electrons. The number of ether oxygens (including phenoxy) is 1. The molecule has 2 saturated heterocycles. The van der Waals surface area contributed by atoms with Gasteiger partial charge < -0.3 is 9.84 Å². The number of hydrogen-bond acceptors (Lipinski definition) is 3. The summed E-state index contributed by atoms with van der Waals surface area (Å²) in [6.07, 6.45) is 6.51. The molecule has 1 N–H and O–H groups in total. The van der Waals surface area contributed by atoms with Gasteiger partial charge in [-0.15, -0.1) is 0 Å². The smallest absolute Gasteiger partial charge is 0.0810 e. The van der Waals surface area contributed by atoms with Crippen molar-refractivity contribution in [2.75, 3.05) is 12.4 Å². The van der Waals surface area contributed by atoms with Crippen LogP contribution in [0.15, 0.2) is 0 Å². The zero-order valence-corrected chi connectivity index (χ0v) is 9.68. The predicted octanol–water partition coefficient (Wildman–Crippen LogP) is 2.20. The molecule has 0 amide bonds. The third kappa shape index (κ3) is 2.10. The molecule has 3 atom stereocenters. The van der Waals surface area contributed by atoms with Crippen LogP contribution in [0.2, 0.25) is 0 Å². The second-order valence-corrected chi connectivity index (χ2v) is 6.25. The molecule has 0 spiro atoms. The quantitative estimate of drug-likeness (QED) is 0.767. The normalized spacial score (nSPS) is 44.1. The Morgan fingerprint density at radius 2 is 2.29 bits per heavy atom. The fourth-order valence-electron chi connectivity index (χ4n) is 2.54. The Morgan fingerprint density at radius 1 is 1.43 bits per heavy atom. The van der Waals surface area contributed by atoms with Crippen LogP contribution in [0.25, 0.3) is 0 Å². The van der Waals surface area contributed by atoms with Crippen molar-refractivity contribution in [1.29, 1.82) is 0 Å². The van der Waals surface area contributed by atoms with E-state index < -0.39 is 0 Å². The molecule has 0 saturated carbocycles. The molecule has 2 aliphatic heterocycles. The van der Waals surface area contributed by atoms with E-state index in [0.29, 0.717) is 10.9 Å². The highest BCUT2D eigenvalue weighted by molar-refractivity contribution is 8.00. The van der Waals surface area contributed by atoms with Crippen molar-refractivity contribution >= 4 is 11.8 Å². The van der Waals surface area contributed by atoms with Crippen LogP contribution in [0.1, 0.15) is 39.0 Å². The van der Waals surface area contributed by atoms with Crippen LogP contribution < -0.4 is 0 Å². The first kappa shape index (κ1) is 10.8. The standard InChI is InChI=1S/C11H20O2S/c1-11(6-3-7-14-11)10-5-2-4-9(8-12)13-10/h9-10,12H,2-8H2,1H3. The van der Waals surface area contributed by atoms with Gasteiger partial charge in [0, 0.05) is 4.75 Å². The lowest BCUT2D eigenvalue weighted by Crippen LogP contribution is -2.42. The average Bonchev–Trinajstić information content (AvgIpc) is 2.67. The van der Waals surface area contributed by atoms with E-state index in [1.165, 1.54) is 31.4 Å². The Kier molecular flexibility index (Phi) is 3.40. The molecule has 0 aliphatic carbocycles. The van der Waals surface area contributed by atoms with Crippen molar-refractivity contribution in [2.24, 2.45) is 0 Å². The van der Waals surface area contributed by atoms with Gasteiger partial charge in [-0.2, -0.15) is 11.8 Å². The average molecular weight is 216 g/mol. The zero-order chi connectivity index (χ0) is 10.0. The van der Waals surface area contributed by atoms with Crippen LogP contribution in [0, 0.1) is 0 Å². The molecule has 82 valence electrons. The highest BCUT2D eigenvalue weighted by atomic mass is 32.2. The SMILES string of the molecule is CC1(C2CCCC(CO)O2)CCCS1. The van der Waals surface area contributed by atoms with Gasteiger partial charge in [0.15, 0.2) is 0 Å². The molecule has 0 bridgehead atoms. The maximum absolute atomic E-state index is 9.10. The first-order valence-corrected chi connectivity index (χ1v) is 6.63. The largest absolute Gasteiger partial charge is 0.394 e. The molecule has 2 nitrogen and oxygen atoms in total. The lowest BCUT2D eigenvalue weighted by molar-refractivity contribution is -0.0850. The minimum absolute atomic E-state index is 0.103. The molecule has 3 heteroatoms. The van der Waals surface area contributed by atoms with Gasteiger partial charge in [-0.3, -0.25) is 0 Å². The van der Waals surface area contributed by atoms with Crippen LogP contribution in [0.3, 0.4) is 0 Å². The van der Waals surface area contributed by atoms with Crippen LogP contribution >= 0.6 is 11.8 Å². The Hall–Kier alpha value is 0.270. The number of aliphatic hydroxyl groups is 1. The third-order valence-corrected chi connectivity index (χ3v) is 5.10. The second-order valence-electron chi connectivity index (χ2n) is 4.62. The number of thioether (sulfide) groups is 1. The van der Waals surface area contributed by atoms with E-state index in [-0.39, 0.29) is 12.7 Å². The maximum atomic E-state index is 9.10. The lowest BCUT2D eigenvalue weighted by Gasteiger charge is -2.39. The van der Waals surface area contributed by atoms with Gasteiger partial charge in [0.25, 0.3) is 0 Å². The molecule has 3 unspecified atom stereocenters. The first-order chi connectivity index (χ1) is 6.74. The number of rotatable bonds is 2. The fourth-order valence-corrected chi connectivity index (χ4v) is 3.94. The second kappa shape index (κ2) is 4.42. The Morgan fingerprint density at radius 3 is 2.93 bits per heavy atom. The van der Waals surface area contributed by atoms with Crippen LogP contribution in [0.4, 0.5) is 0 Å². The van der Waals surface area contributed by atoms with E-state index in [9.17, 15) is 0 Å². The summed E-state index contributed by atoms with van der Waals surface area (Å²) in [5.41, 5.74) is 0. The van der Waals surface area contributed by atoms with Gasteiger partial charge >= 0.3 is 0 Å². The summed E-state index contributed by atoms with van der Waals surface area (Å²) >= 11 is 2.06.